The van der Waals surface area contributed by atoms with Crippen LogP contribution in [-0.4, -0.2) is 4.98 Å². The third-order valence-corrected chi connectivity index (χ3v) is 3.77. The lowest BCUT2D eigenvalue weighted by Crippen LogP contribution is -1.81. The maximum atomic E-state index is 4.42. The summed E-state index contributed by atoms with van der Waals surface area (Å²) in [6.07, 6.45) is 1.91. The number of benzene rings is 2. The van der Waals surface area contributed by atoms with Crippen molar-refractivity contribution in [1.29, 1.82) is 0 Å². The molecule has 0 fully saturated rings. The van der Waals surface area contributed by atoms with Crippen molar-refractivity contribution >= 4 is 22.7 Å². The predicted molar refractivity (Wildman–Crippen MR) is 77.0 cm³/mol. The highest BCUT2D eigenvalue weighted by molar-refractivity contribution is 7.99. The van der Waals surface area contributed by atoms with Gasteiger partial charge in [-0.05, 0) is 48.9 Å². The number of nitrogens with zero attached hydrogens (tertiary/aromatic N) is 1. The van der Waals surface area contributed by atoms with Gasteiger partial charge < -0.3 is 0 Å². The van der Waals surface area contributed by atoms with Gasteiger partial charge in [0.05, 0.1) is 5.52 Å². The standard InChI is InChI=1S/C16H13NS/c1-12-9-13-10-15(7-8-16(13)17-11-12)18-14-5-3-2-4-6-14/h2-11H,1H3. The van der Waals surface area contributed by atoms with Gasteiger partial charge in [0.25, 0.3) is 0 Å². The van der Waals surface area contributed by atoms with Crippen LogP contribution in [0.1, 0.15) is 5.56 Å². The van der Waals surface area contributed by atoms with Gasteiger partial charge in [-0.25, -0.2) is 0 Å². The van der Waals surface area contributed by atoms with Gasteiger partial charge in [-0.3, -0.25) is 4.98 Å². The van der Waals surface area contributed by atoms with Crippen LogP contribution in [-0.2, 0) is 0 Å². The number of pyridine rings is 1. The minimum absolute atomic E-state index is 1.05. The first kappa shape index (κ1) is 11.3. The highest BCUT2D eigenvalue weighted by Gasteiger charge is 2.00. The second kappa shape index (κ2) is 4.83. The van der Waals surface area contributed by atoms with Crippen molar-refractivity contribution in [3.63, 3.8) is 0 Å². The summed E-state index contributed by atoms with van der Waals surface area (Å²) in [7, 11) is 0. The summed E-state index contributed by atoms with van der Waals surface area (Å²) in [6, 6.07) is 19.0. The van der Waals surface area contributed by atoms with Crippen LogP contribution in [0.5, 0.6) is 0 Å². The molecule has 0 amide bonds. The monoisotopic (exact) mass is 251 g/mol. The van der Waals surface area contributed by atoms with Gasteiger partial charge in [0.1, 0.15) is 0 Å². The van der Waals surface area contributed by atoms with Gasteiger partial charge in [-0.15, -0.1) is 0 Å². The molecular formula is C16H13NS. The van der Waals surface area contributed by atoms with E-state index in [9.17, 15) is 0 Å². The Balaban J connectivity index is 1.98. The fourth-order valence-electron chi connectivity index (χ4n) is 1.91. The first-order chi connectivity index (χ1) is 8.81. The Morgan fingerprint density at radius 3 is 2.56 bits per heavy atom. The highest BCUT2D eigenvalue weighted by atomic mass is 32.2. The topological polar surface area (TPSA) is 12.9 Å². The third kappa shape index (κ3) is 2.39. The molecule has 0 unspecified atom stereocenters. The molecule has 3 aromatic rings. The molecule has 18 heavy (non-hydrogen) atoms. The Kier molecular flexibility index (Phi) is 3.03. The second-order valence-electron chi connectivity index (χ2n) is 4.28. The lowest BCUT2D eigenvalue weighted by molar-refractivity contribution is 1.32. The quantitative estimate of drug-likeness (QED) is 0.655. The van der Waals surface area contributed by atoms with Crippen LogP contribution in [0.15, 0.2) is 70.6 Å². The minimum atomic E-state index is 1.05. The molecule has 0 aliphatic heterocycles. The number of hydrogen-bond acceptors (Lipinski definition) is 2. The largest absolute Gasteiger partial charge is 0.256 e. The van der Waals surface area contributed by atoms with Gasteiger partial charge >= 0.3 is 0 Å². The zero-order valence-corrected chi connectivity index (χ0v) is 10.9. The van der Waals surface area contributed by atoms with Crippen molar-refractivity contribution in [3.8, 4) is 0 Å². The summed E-state index contributed by atoms with van der Waals surface area (Å²) < 4.78 is 0. The van der Waals surface area contributed by atoms with Gasteiger partial charge in [-0.1, -0.05) is 30.0 Å². The van der Waals surface area contributed by atoms with Gasteiger partial charge in [0, 0.05) is 21.4 Å². The van der Waals surface area contributed by atoms with E-state index in [4.69, 9.17) is 0 Å². The molecule has 0 saturated heterocycles. The predicted octanol–water partition coefficient (Wildman–Crippen LogP) is 4.69. The van der Waals surface area contributed by atoms with Gasteiger partial charge in [0.15, 0.2) is 0 Å². The summed E-state index contributed by atoms with van der Waals surface area (Å²) in [5, 5.41) is 1.20. The molecule has 0 bridgehead atoms. The SMILES string of the molecule is Cc1cnc2ccc(Sc3ccccc3)cc2c1. The molecule has 0 saturated carbocycles. The van der Waals surface area contributed by atoms with Crippen molar-refractivity contribution in [1.82, 2.24) is 4.98 Å². The molecule has 0 aliphatic rings. The van der Waals surface area contributed by atoms with Crippen molar-refractivity contribution in [2.24, 2.45) is 0 Å². The van der Waals surface area contributed by atoms with Crippen LogP contribution < -0.4 is 0 Å². The van der Waals surface area contributed by atoms with Gasteiger partial charge in [0.2, 0.25) is 0 Å². The van der Waals surface area contributed by atoms with Crippen LogP contribution in [0.4, 0.5) is 0 Å². The lowest BCUT2D eigenvalue weighted by Gasteiger charge is -2.04. The van der Waals surface area contributed by atoms with E-state index >= 15 is 0 Å². The van der Waals surface area contributed by atoms with Crippen LogP contribution in [0.2, 0.25) is 0 Å². The Labute approximate surface area is 111 Å². The number of hydrogen-bond donors (Lipinski definition) is 0. The molecule has 0 atom stereocenters. The van der Waals surface area contributed by atoms with Crippen LogP contribution in [0, 0.1) is 6.92 Å². The van der Waals surface area contributed by atoms with E-state index in [0.717, 1.165) is 5.52 Å². The fourth-order valence-corrected chi connectivity index (χ4v) is 2.80. The van der Waals surface area contributed by atoms with Crippen LogP contribution in [0.25, 0.3) is 10.9 Å². The van der Waals surface area contributed by atoms with Crippen molar-refractivity contribution in [2.45, 2.75) is 16.7 Å². The van der Waals surface area contributed by atoms with E-state index in [1.54, 1.807) is 11.8 Å². The maximum Gasteiger partial charge on any atom is 0.0702 e. The van der Waals surface area contributed by atoms with Crippen molar-refractivity contribution in [3.05, 3.63) is 66.4 Å². The highest BCUT2D eigenvalue weighted by Crippen LogP contribution is 2.29. The Morgan fingerprint density at radius 1 is 0.889 bits per heavy atom. The smallest absolute Gasteiger partial charge is 0.0702 e. The summed E-state index contributed by atoms with van der Waals surface area (Å²) >= 11 is 1.78. The molecule has 0 aliphatic carbocycles. The summed E-state index contributed by atoms with van der Waals surface area (Å²) in [4.78, 5) is 6.93. The van der Waals surface area contributed by atoms with Crippen molar-refractivity contribution < 1.29 is 0 Å². The lowest BCUT2D eigenvalue weighted by atomic mass is 10.2. The molecule has 1 nitrogen and oxygen atoms in total. The number of aromatic nitrogens is 1. The molecule has 2 heteroatoms. The molecule has 1 heterocycles. The molecule has 2 aromatic carbocycles. The van der Waals surface area contributed by atoms with E-state index in [1.807, 2.05) is 12.3 Å². The average molecular weight is 251 g/mol. The maximum absolute atomic E-state index is 4.42. The molecular weight excluding hydrogens is 238 g/mol. The summed E-state index contributed by atoms with van der Waals surface area (Å²) in [5.74, 6) is 0. The Morgan fingerprint density at radius 2 is 1.72 bits per heavy atom. The van der Waals surface area contributed by atoms with E-state index in [1.165, 1.54) is 20.7 Å². The molecule has 0 N–H and O–H groups in total. The molecule has 1 aromatic heterocycles. The molecule has 3 rings (SSSR count). The van der Waals surface area contributed by atoms with E-state index in [0.29, 0.717) is 0 Å². The molecule has 88 valence electrons. The van der Waals surface area contributed by atoms with Crippen molar-refractivity contribution in [2.75, 3.05) is 0 Å². The Hall–Kier alpha value is -1.80. The minimum Gasteiger partial charge on any atom is -0.256 e. The third-order valence-electron chi connectivity index (χ3n) is 2.77. The van der Waals surface area contributed by atoms with Crippen LogP contribution in [0.3, 0.4) is 0 Å². The number of rotatable bonds is 2. The zero-order chi connectivity index (χ0) is 12.4. The van der Waals surface area contributed by atoms with Crippen LogP contribution >= 0.6 is 11.8 Å². The normalized spacial score (nSPS) is 10.7. The first-order valence-electron chi connectivity index (χ1n) is 5.90. The second-order valence-corrected chi connectivity index (χ2v) is 5.43. The van der Waals surface area contributed by atoms with Gasteiger partial charge in [-0.2, -0.15) is 0 Å². The summed E-state index contributed by atoms with van der Waals surface area (Å²) in [5.41, 5.74) is 2.25. The molecule has 0 radical (unpaired) electrons. The molecule has 0 spiro atoms. The zero-order valence-electron chi connectivity index (χ0n) is 10.1. The number of aryl methyl sites for hydroxylation is 1. The Bertz CT molecular complexity index is 677. The average Bonchev–Trinajstić information content (AvgIpc) is 2.39. The summed E-state index contributed by atoms with van der Waals surface area (Å²) in [6.45, 7) is 2.07. The van der Waals surface area contributed by atoms with E-state index < -0.39 is 0 Å². The van der Waals surface area contributed by atoms with E-state index in [2.05, 4.69) is 60.4 Å². The van der Waals surface area contributed by atoms with E-state index in [-0.39, 0.29) is 0 Å². The number of fused-ring (bicyclic) bond motifs is 1. The first-order valence-corrected chi connectivity index (χ1v) is 6.72. The fraction of sp³-hybridized carbons (Fsp3) is 0.0625.